The van der Waals surface area contributed by atoms with Crippen LogP contribution in [0.5, 0.6) is 11.5 Å². The highest BCUT2D eigenvalue weighted by molar-refractivity contribution is 8.00. The summed E-state index contributed by atoms with van der Waals surface area (Å²) in [5.74, 6) is 0.402. The van der Waals surface area contributed by atoms with E-state index in [1.165, 1.54) is 11.0 Å². The largest absolute Gasteiger partial charge is 0.497 e. The predicted octanol–water partition coefficient (Wildman–Crippen LogP) is 8.45. The summed E-state index contributed by atoms with van der Waals surface area (Å²) in [4.78, 5) is 28.7. The van der Waals surface area contributed by atoms with Crippen LogP contribution in [0.4, 0.5) is 38.4 Å². The van der Waals surface area contributed by atoms with Crippen molar-refractivity contribution in [3.8, 4) is 22.8 Å². The summed E-state index contributed by atoms with van der Waals surface area (Å²) >= 11 is -0.510. The molecular formula is C38H35F5N6O4S. The standard InChI is InChI=1S/C38H35F5N6O4S/c1-21-14-29(44-31(15-21)47(17-22-4-10-26(52-2)11-5-22)18-23-6-12-27(53-3)13-7-23)32-30(54-38(41,42)43)16-28-34(33(32)39)45-36(40)46-35(28)48-19-24-8-9-25(20-48)49(24)37(50)51/h4-7,10-16,24-25H,8-9,17-20H2,1-3H3,(H,50,51). The summed E-state index contributed by atoms with van der Waals surface area (Å²) < 4.78 is 85.4. The zero-order valence-corrected chi connectivity index (χ0v) is 30.2. The maximum absolute atomic E-state index is 16.9. The van der Waals surface area contributed by atoms with Gasteiger partial charge in [0.1, 0.15) is 28.7 Å². The summed E-state index contributed by atoms with van der Waals surface area (Å²) in [6, 6.07) is 18.3. The van der Waals surface area contributed by atoms with Crippen LogP contribution in [0.25, 0.3) is 22.2 Å². The van der Waals surface area contributed by atoms with Crippen molar-refractivity contribution in [2.45, 2.75) is 55.3 Å². The maximum atomic E-state index is 16.9. The van der Waals surface area contributed by atoms with Gasteiger partial charge < -0.3 is 24.4 Å². The van der Waals surface area contributed by atoms with E-state index in [1.807, 2.05) is 53.4 Å². The lowest BCUT2D eigenvalue weighted by atomic mass is 10.0. The molecule has 2 atom stereocenters. The molecule has 0 saturated carbocycles. The molecule has 2 bridgehead atoms. The quantitative estimate of drug-likeness (QED) is 0.0847. The molecule has 0 spiro atoms. The molecule has 0 aliphatic carbocycles. The third-order valence-corrected chi connectivity index (χ3v) is 10.5. The van der Waals surface area contributed by atoms with Crippen LogP contribution in [-0.2, 0) is 13.1 Å². The van der Waals surface area contributed by atoms with Gasteiger partial charge in [-0.25, -0.2) is 14.2 Å². The van der Waals surface area contributed by atoms with E-state index < -0.39 is 63.3 Å². The summed E-state index contributed by atoms with van der Waals surface area (Å²) in [7, 11) is 3.13. The molecule has 2 aliphatic rings. The summed E-state index contributed by atoms with van der Waals surface area (Å²) in [5, 5.41) is 9.59. The molecule has 2 aliphatic heterocycles. The van der Waals surface area contributed by atoms with Gasteiger partial charge in [-0.2, -0.15) is 27.5 Å². The van der Waals surface area contributed by atoms with Crippen molar-refractivity contribution in [3.63, 3.8) is 0 Å². The van der Waals surface area contributed by atoms with E-state index in [0.29, 0.717) is 48.8 Å². The molecule has 10 nitrogen and oxygen atoms in total. The van der Waals surface area contributed by atoms with E-state index >= 15 is 8.78 Å². The Labute approximate surface area is 311 Å². The van der Waals surface area contributed by atoms with Gasteiger partial charge >= 0.3 is 17.7 Å². The molecular weight excluding hydrogens is 732 g/mol. The minimum Gasteiger partial charge on any atom is -0.497 e. The smallest absolute Gasteiger partial charge is 0.446 e. The van der Waals surface area contributed by atoms with E-state index in [-0.39, 0.29) is 30.0 Å². The molecule has 0 radical (unpaired) electrons. The van der Waals surface area contributed by atoms with Gasteiger partial charge in [0.2, 0.25) is 0 Å². The van der Waals surface area contributed by atoms with Crippen molar-refractivity contribution in [2.24, 2.45) is 0 Å². The van der Waals surface area contributed by atoms with Crippen LogP contribution in [0.3, 0.4) is 0 Å². The summed E-state index contributed by atoms with van der Waals surface area (Å²) in [6.07, 6.45) is -1.24. The molecule has 1 amide bonds. The minimum atomic E-state index is -4.83. The molecule has 4 heterocycles. The van der Waals surface area contributed by atoms with Gasteiger partial charge in [0.05, 0.1) is 37.6 Å². The van der Waals surface area contributed by atoms with Crippen molar-refractivity contribution in [1.82, 2.24) is 19.9 Å². The van der Waals surface area contributed by atoms with Crippen molar-refractivity contribution < 1.29 is 41.3 Å². The Morgan fingerprint density at radius 3 is 1.98 bits per heavy atom. The number of ether oxygens (including phenoxy) is 2. The second-order valence-electron chi connectivity index (χ2n) is 13.2. The van der Waals surface area contributed by atoms with Crippen LogP contribution < -0.4 is 19.3 Å². The number of alkyl halides is 3. The number of anilines is 2. The summed E-state index contributed by atoms with van der Waals surface area (Å²) in [5.41, 5.74) is -3.56. The number of hydrogen-bond acceptors (Lipinski definition) is 9. The number of piperazine rings is 1. The van der Waals surface area contributed by atoms with Crippen molar-refractivity contribution in [2.75, 3.05) is 37.1 Å². The predicted molar refractivity (Wildman–Crippen MR) is 194 cm³/mol. The fraction of sp³-hybridized carbons (Fsp3) is 0.316. The molecule has 1 N–H and O–H groups in total. The Balaban J connectivity index is 1.34. The number of halogens is 5. The fourth-order valence-electron chi connectivity index (χ4n) is 7.29. The number of amides is 1. The van der Waals surface area contributed by atoms with E-state index in [9.17, 15) is 23.1 Å². The van der Waals surface area contributed by atoms with Gasteiger partial charge in [-0.05, 0) is 90.7 Å². The average molecular weight is 767 g/mol. The molecule has 2 unspecified atom stereocenters. The topological polar surface area (TPSA) is 104 Å². The first-order valence-corrected chi connectivity index (χ1v) is 17.8. The Morgan fingerprint density at radius 1 is 0.889 bits per heavy atom. The molecule has 2 saturated heterocycles. The number of aryl methyl sites for hydroxylation is 1. The van der Waals surface area contributed by atoms with E-state index in [2.05, 4.69) is 9.97 Å². The van der Waals surface area contributed by atoms with Crippen LogP contribution in [0, 0.1) is 18.8 Å². The molecule has 7 rings (SSSR count). The SMILES string of the molecule is COc1ccc(CN(Cc2ccc(OC)cc2)c2cc(C)cc(-c3c(SC(F)(F)F)cc4c(N5CC6CCC(C5)N6C(=O)O)nc(F)nc4c3F)n2)cc1. The van der Waals surface area contributed by atoms with Gasteiger partial charge in [0, 0.05) is 36.5 Å². The molecule has 2 aromatic heterocycles. The van der Waals surface area contributed by atoms with Crippen LogP contribution in [0.1, 0.15) is 29.5 Å². The van der Waals surface area contributed by atoms with Crippen molar-refractivity contribution in [1.29, 1.82) is 0 Å². The molecule has 3 aromatic carbocycles. The molecule has 282 valence electrons. The number of thioether (sulfide) groups is 1. The number of aromatic nitrogens is 3. The third kappa shape index (κ3) is 7.65. The number of pyridine rings is 1. The lowest BCUT2D eigenvalue weighted by molar-refractivity contribution is -0.0328. The van der Waals surface area contributed by atoms with Crippen LogP contribution in [0.15, 0.2) is 71.6 Å². The second-order valence-corrected chi connectivity index (χ2v) is 14.4. The first-order valence-electron chi connectivity index (χ1n) is 17.0. The number of benzene rings is 3. The normalized spacial score (nSPS) is 16.9. The van der Waals surface area contributed by atoms with E-state index in [1.54, 1.807) is 32.1 Å². The van der Waals surface area contributed by atoms with Gasteiger partial charge in [0.25, 0.3) is 0 Å². The number of nitrogens with zero attached hydrogens (tertiary/aromatic N) is 6. The van der Waals surface area contributed by atoms with Gasteiger partial charge in [0.15, 0.2) is 5.82 Å². The maximum Gasteiger partial charge on any atom is 0.446 e. The average Bonchev–Trinajstić information content (AvgIpc) is 3.41. The Bertz CT molecular complexity index is 2130. The second kappa shape index (κ2) is 14.8. The van der Waals surface area contributed by atoms with Crippen LogP contribution in [0.2, 0.25) is 0 Å². The van der Waals surface area contributed by atoms with Gasteiger partial charge in [-0.3, -0.25) is 4.90 Å². The van der Waals surface area contributed by atoms with E-state index in [0.717, 1.165) is 17.2 Å². The summed E-state index contributed by atoms with van der Waals surface area (Å²) in [6.45, 7) is 2.61. The lowest BCUT2D eigenvalue weighted by Gasteiger charge is -2.40. The van der Waals surface area contributed by atoms with Crippen LogP contribution >= 0.6 is 11.8 Å². The minimum absolute atomic E-state index is 0.0979. The van der Waals surface area contributed by atoms with Gasteiger partial charge in [-0.15, -0.1) is 0 Å². The molecule has 16 heteroatoms. The first-order chi connectivity index (χ1) is 25.8. The third-order valence-electron chi connectivity index (χ3n) is 9.68. The first kappa shape index (κ1) is 37.0. The molecule has 2 fully saturated rings. The Morgan fingerprint density at radius 2 is 1.46 bits per heavy atom. The highest BCUT2D eigenvalue weighted by Crippen LogP contribution is 2.46. The fourth-order valence-corrected chi connectivity index (χ4v) is 8.02. The Kier molecular flexibility index (Phi) is 10.1. The van der Waals surface area contributed by atoms with Gasteiger partial charge in [-0.1, -0.05) is 24.3 Å². The zero-order chi connectivity index (χ0) is 38.3. The number of rotatable bonds is 10. The van der Waals surface area contributed by atoms with Crippen molar-refractivity contribution in [3.05, 3.63) is 95.3 Å². The highest BCUT2D eigenvalue weighted by atomic mass is 32.2. The van der Waals surface area contributed by atoms with Crippen LogP contribution in [-0.4, -0.2) is 76.0 Å². The molecule has 54 heavy (non-hydrogen) atoms. The Hall–Kier alpha value is -5.38. The molecule has 5 aromatic rings. The number of fused-ring (bicyclic) bond motifs is 3. The number of methoxy groups -OCH3 is 2. The monoisotopic (exact) mass is 766 g/mol. The van der Waals surface area contributed by atoms with Crippen molar-refractivity contribution >= 4 is 40.4 Å². The lowest BCUT2D eigenvalue weighted by Crippen LogP contribution is -2.55. The number of carboxylic acid groups (broad SMARTS) is 1. The number of carbonyl (C=O) groups is 1. The number of hydrogen-bond donors (Lipinski definition) is 1. The van der Waals surface area contributed by atoms with E-state index in [4.69, 9.17) is 14.5 Å². The highest BCUT2D eigenvalue weighted by Gasteiger charge is 2.44. The zero-order valence-electron chi connectivity index (χ0n) is 29.4.